The van der Waals surface area contributed by atoms with Crippen LogP contribution in [0.3, 0.4) is 0 Å². The number of nitrogens with zero attached hydrogens (tertiary/aromatic N) is 2. The van der Waals surface area contributed by atoms with Gasteiger partial charge in [-0.2, -0.15) is 4.57 Å². The summed E-state index contributed by atoms with van der Waals surface area (Å²) in [6, 6.07) is 16.0. The Kier molecular flexibility index (Phi) is 6.94. The first-order chi connectivity index (χ1) is 15.3. The molecule has 0 spiro atoms. The maximum absolute atomic E-state index is 5.74. The van der Waals surface area contributed by atoms with Crippen molar-refractivity contribution in [2.75, 3.05) is 26.4 Å². The minimum absolute atomic E-state index is 0. The van der Waals surface area contributed by atoms with Crippen molar-refractivity contribution in [2.24, 2.45) is 0 Å². The third-order valence-corrected chi connectivity index (χ3v) is 5.15. The van der Waals surface area contributed by atoms with E-state index in [9.17, 15) is 0 Å². The Morgan fingerprint density at radius 2 is 1.47 bits per heavy atom. The van der Waals surface area contributed by atoms with Gasteiger partial charge in [-0.3, -0.25) is 4.98 Å². The summed E-state index contributed by atoms with van der Waals surface area (Å²) >= 11 is 0. The zero-order valence-corrected chi connectivity index (χ0v) is 19.7. The fourth-order valence-electron chi connectivity index (χ4n) is 3.81. The first-order valence-corrected chi connectivity index (χ1v) is 10.3. The molecule has 0 atom stereocenters. The van der Waals surface area contributed by atoms with Gasteiger partial charge in [0.15, 0.2) is 30.0 Å². The number of hydrogen-bond donors (Lipinski definition) is 0. The number of pyridine rings is 2. The smallest absolute Gasteiger partial charge is 0.259 e. The molecule has 4 heterocycles. The minimum Gasteiger partial charge on any atom is -1.00 e. The van der Waals surface area contributed by atoms with E-state index >= 15 is 0 Å². The molecule has 0 bridgehead atoms. The zero-order chi connectivity index (χ0) is 21.0. The van der Waals surface area contributed by atoms with E-state index in [0.29, 0.717) is 26.4 Å². The highest BCUT2D eigenvalue weighted by Crippen LogP contribution is 2.36. The van der Waals surface area contributed by atoms with Crippen molar-refractivity contribution in [2.45, 2.75) is 6.54 Å². The van der Waals surface area contributed by atoms with E-state index in [4.69, 9.17) is 18.9 Å². The van der Waals surface area contributed by atoms with Crippen LogP contribution >= 0.6 is 0 Å². The Bertz CT molecular complexity index is 1260. The number of aromatic nitrogens is 2. The number of halogens is 1. The van der Waals surface area contributed by atoms with Crippen molar-refractivity contribution in [1.29, 1.82) is 0 Å². The Hall–Kier alpha value is -3.07. The maximum atomic E-state index is 5.74. The minimum atomic E-state index is 0. The summed E-state index contributed by atoms with van der Waals surface area (Å²) in [5.74, 6) is 3.24. The van der Waals surface area contributed by atoms with E-state index in [0.717, 1.165) is 51.3 Å². The van der Waals surface area contributed by atoms with Crippen LogP contribution in [-0.2, 0) is 6.54 Å². The molecule has 0 saturated carbocycles. The van der Waals surface area contributed by atoms with Crippen LogP contribution in [0, 0.1) is 0 Å². The van der Waals surface area contributed by atoms with Gasteiger partial charge in [-0.25, -0.2) is 0 Å². The summed E-state index contributed by atoms with van der Waals surface area (Å²) < 4.78 is 24.5. The van der Waals surface area contributed by atoms with Gasteiger partial charge < -0.3 is 42.9 Å². The van der Waals surface area contributed by atoms with Crippen LogP contribution < -0.4 is 47.5 Å². The second kappa shape index (κ2) is 10.0. The Morgan fingerprint density at radius 1 is 0.812 bits per heavy atom. The lowest BCUT2D eigenvalue weighted by Crippen LogP contribution is -3.00. The summed E-state index contributed by atoms with van der Waals surface area (Å²) in [7, 11) is 0. The molecule has 2 aromatic carbocycles. The third kappa shape index (κ3) is 4.29. The fraction of sp³-hybridized carbons (Fsp3) is 0.200. The standard InChI is InChI=1S/C14H14NO2.C11H9NO2.HI/c1-2-7-15-8-3-4-11-5-6-12-14(13(11)15)17-10-9-16-12;1-2-8-3-4-9-11(10(8)12-5-1)14-7-6-13-9;/h2-6,8H,1,7,9-10H2;1-5H,6-7H2;1H/q+1;;/p-1. The number of benzene rings is 2. The predicted molar refractivity (Wildman–Crippen MR) is 118 cm³/mol. The molecule has 4 aromatic rings. The SMILES string of the molecule is C=CC[n+]1cccc2ccc3c(c21)OCCO3.[I-].c1cnc2c3c(ccc2c1)OCCO3. The normalized spacial score (nSPS) is 13.5. The molecule has 6 rings (SSSR count). The van der Waals surface area contributed by atoms with Gasteiger partial charge in [-0.15, -0.1) is 0 Å². The second-order valence-electron chi connectivity index (χ2n) is 7.14. The lowest BCUT2D eigenvalue weighted by Gasteiger charge is -2.18. The molecule has 7 heteroatoms. The van der Waals surface area contributed by atoms with Crippen molar-refractivity contribution < 1.29 is 47.5 Å². The average molecular weight is 542 g/mol. The molecule has 6 nitrogen and oxygen atoms in total. The van der Waals surface area contributed by atoms with Crippen molar-refractivity contribution in [3.05, 3.63) is 73.6 Å². The number of ether oxygens (including phenoxy) is 4. The third-order valence-electron chi connectivity index (χ3n) is 5.15. The van der Waals surface area contributed by atoms with Crippen molar-refractivity contribution in [3.63, 3.8) is 0 Å². The van der Waals surface area contributed by atoms with Crippen LogP contribution in [-0.4, -0.2) is 31.4 Å². The van der Waals surface area contributed by atoms with Gasteiger partial charge >= 0.3 is 0 Å². The van der Waals surface area contributed by atoms with E-state index in [2.05, 4.69) is 28.3 Å². The van der Waals surface area contributed by atoms with Crippen LogP contribution in [0.4, 0.5) is 0 Å². The zero-order valence-electron chi connectivity index (χ0n) is 17.5. The van der Waals surface area contributed by atoms with Crippen LogP contribution in [0.2, 0.25) is 0 Å². The highest BCUT2D eigenvalue weighted by molar-refractivity contribution is 5.87. The van der Waals surface area contributed by atoms with E-state index < -0.39 is 0 Å². The van der Waals surface area contributed by atoms with Gasteiger partial charge in [-0.1, -0.05) is 12.6 Å². The lowest BCUT2D eigenvalue weighted by molar-refractivity contribution is -0.661. The Balaban J connectivity index is 0.000000151. The molecular formula is C25H23IN2O4. The fourth-order valence-corrected chi connectivity index (χ4v) is 3.81. The van der Waals surface area contributed by atoms with E-state index in [1.807, 2.05) is 48.7 Å². The molecule has 0 unspecified atom stereocenters. The maximum Gasteiger partial charge on any atom is 0.259 e. The van der Waals surface area contributed by atoms with Crippen molar-refractivity contribution >= 4 is 21.8 Å². The summed E-state index contributed by atoms with van der Waals surface area (Å²) in [5, 5.41) is 2.23. The summed E-state index contributed by atoms with van der Waals surface area (Å²) in [5.41, 5.74) is 1.95. The predicted octanol–water partition coefficient (Wildman–Crippen LogP) is 1.09. The van der Waals surface area contributed by atoms with Gasteiger partial charge in [-0.05, 0) is 42.5 Å². The number of allylic oxidation sites excluding steroid dienone is 1. The second-order valence-corrected chi connectivity index (χ2v) is 7.14. The molecule has 164 valence electrons. The van der Waals surface area contributed by atoms with E-state index in [-0.39, 0.29) is 24.0 Å². The molecule has 0 amide bonds. The van der Waals surface area contributed by atoms with Gasteiger partial charge in [0.05, 0.1) is 5.39 Å². The van der Waals surface area contributed by atoms with Gasteiger partial charge in [0, 0.05) is 17.6 Å². The molecule has 0 radical (unpaired) electrons. The van der Waals surface area contributed by atoms with E-state index in [1.165, 1.54) is 0 Å². The Morgan fingerprint density at radius 3 is 2.25 bits per heavy atom. The van der Waals surface area contributed by atoms with E-state index in [1.54, 1.807) is 6.20 Å². The molecular weight excluding hydrogens is 519 g/mol. The summed E-state index contributed by atoms with van der Waals surface area (Å²) in [6.45, 7) is 6.98. The largest absolute Gasteiger partial charge is 1.00 e. The van der Waals surface area contributed by atoms with Gasteiger partial charge in [0.2, 0.25) is 5.75 Å². The molecule has 2 aliphatic heterocycles. The van der Waals surface area contributed by atoms with Crippen LogP contribution in [0.15, 0.2) is 73.6 Å². The molecule has 2 aliphatic rings. The highest BCUT2D eigenvalue weighted by atomic mass is 127. The van der Waals surface area contributed by atoms with Gasteiger partial charge in [0.1, 0.15) is 31.9 Å². The molecule has 0 aliphatic carbocycles. The molecule has 32 heavy (non-hydrogen) atoms. The van der Waals surface area contributed by atoms with Crippen LogP contribution in [0.1, 0.15) is 0 Å². The molecule has 0 fully saturated rings. The highest BCUT2D eigenvalue weighted by Gasteiger charge is 2.22. The first kappa shape index (κ1) is 22.1. The van der Waals surface area contributed by atoms with Gasteiger partial charge in [0.25, 0.3) is 5.52 Å². The van der Waals surface area contributed by atoms with Crippen LogP contribution in [0.5, 0.6) is 23.0 Å². The number of hydrogen-bond acceptors (Lipinski definition) is 5. The molecule has 0 saturated heterocycles. The molecule has 2 aromatic heterocycles. The topological polar surface area (TPSA) is 53.7 Å². The number of rotatable bonds is 2. The molecule has 0 N–H and O–H groups in total. The number of fused-ring (bicyclic) bond motifs is 6. The monoisotopic (exact) mass is 542 g/mol. The summed E-state index contributed by atoms with van der Waals surface area (Å²) in [4.78, 5) is 4.29. The van der Waals surface area contributed by atoms with Crippen molar-refractivity contribution in [1.82, 2.24) is 4.98 Å². The lowest BCUT2D eigenvalue weighted by atomic mass is 10.1. The quantitative estimate of drug-likeness (QED) is 0.216. The Labute approximate surface area is 203 Å². The average Bonchev–Trinajstić information content (AvgIpc) is 2.84. The van der Waals surface area contributed by atoms with Crippen LogP contribution in [0.25, 0.3) is 21.8 Å². The first-order valence-electron chi connectivity index (χ1n) is 10.3. The van der Waals surface area contributed by atoms with Crippen molar-refractivity contribution in [3.8, 4) is 23.0 Å². The summed E-state index contributed by atoms with van der Waals surface area (Å²) in [6.07, 6.45) is 5.67.